The third kappa shape index (κ3) is 3.30. The number of rotatable bonds is 3. The Morgan fingerprint density at radius 1 is 1.27 bits per heavy atom. The highest BCUT2D eigenvalue weighted by Crippen LogP contribution is 2.32. The molecule has 0 aliphatic heterocycles. The minimum Gasteiger partial charge on any atom is -0.298 e. The molecule has 0 aliphatic carbocycles. The second-order valence-corrected chi connectivity index (χ2v) is 7.38. The number of nitrogens with zero attached hydrogens (tertiary/aromatic N) is 1. The average molecular weight is 373 g/mol. The van der Waals surface area contributed by atoms with Crippen molar-refractivity contribution in [2.45, 2.75) is 0 Å². The van der Waals surface area contributed by atoms with Crippen LogP contribution in [0.3, 0.4) is 0 Å². The van der Waals surface area contributed by atoms with Crippen molar-refractivity contribution in [2.75, 3.05) is 5.32 Å². The summed E-state index contributed by atoms with van der Waals surface area (Å²) in [5, 5.41) is 4.80. The van der Waals surface area contributed by atoms with Crippen LogP contribution in [-0.4, -0.2) is 10.9 Å². The zero-order valence-corrected chi connectivity index (χ0v) is 13.9. The van der Waals surface area contributed by atoms with Crippen molar-refractivity contribution < 1.29 is 9.18 Å². The van der Waals surface area contributed by atoms with Gasteiger partial charge in [-0.1, -0.05) is 35.3 Å². The minimum absolute atomic E-state index is 0.305. The second kappa shape index (κ2) is 6.34. The Labute approximate surface area is 143 Å². The highest BCUT2D eigenvalue weighted by molar-refractivity contribution is 7.20. The van der Waals surface area contributed by atoms with E-state index in [0.717, 1.165) is 11.3 Å². The Kier molecular flexibility index (Phi) is 4.44. The molecule has 0 aliphatic rings. The maximum Gasteiger partial charge on any atom is 0.259 e. The van der Waals surface area contributed by atoms with Crippen molar-refractivity contribution in [3.8, 4) is 11.3 Å². The van der Waals surface area contributed by atoms with Crippen LogP contribution < -0.4 is 5.32 Å². The van der Waals surface area contributed by atoms with Crippen LogP contribution in [-0.2, 0) is 0 Å². The lowest BCUT2D eigenvalue weighted by Crippen LogP contribution is -2.11. The zero-order chi connectivity index (χ0) is 15.7. The Morgan fingerprint density at radius 3 is 2.77 bits per heavy atom. The van der Waals surface area contributed by atoms with E-state index in [2.05, 4.69) is 10.3 Å². The molecule has 2 aromatic heterocycles. The van der Waals surface area contributed by atoms with E-state index in [1.165, 1.54) is 29.5 Å². The summed E-state index contributed by atoms with van der Waals surface area (Å²) in [5.41, 5.74) is 1.54. The van der Waals surface area contributed by atoms with E-state index < -0.39 is 0 Å². The highest BCUT2D eigenvalue weighted by Gasteiger charge is 2.16. The molecule has 0 radical (unpaired) electrons. The lowest BCUT2D eigenvalue weighted by atomic mass is 10.2. The van der Waals surface area contributed by atoms with Crippen molar-refractivity contribution in [1.82, 2.24) is 4.98 Å². The van der Waals surface area contributed by atoms with E-state index in [1.54, 1.807) is 17.5 Å². The topological polar surface area (TPSA) is 42.0 Å². The molecular weight excluding hydrogens is 366 g/mol. The van der Waals surface area contributed by atoms with Crippen LogP contribution in [0.4, 0.5) is 9.52 Å². The number of thiazole rings is 1. The van der Waals surface area contributed by atoms with Crippen molar-refractivity contribution in [1.29, 1.82) is 0 Å². The summed E-state index contributed by atoms with van der Waals surface area (Å²) >= 11 is 14.1. The van der Waals surface area contributed by atoms with Gasteiger partial charge in [-0.2, -0.15) is 0 Å². The van der Waals surface area contributed by atoms with Gasteiger partial charge in [-0.25, -0.2) is 9.37 Å². The first-order chi connectivity index (χ1) is 10.5. The summed E-state index contributed by atoms with van der Waals surface area (Å²) < 4.78 is 14.0. The molecule has 112 valence electrons. The van der Waals surface area contributed by atoms with Crippen LogP contribution in [0.25, 0.3) is 11.3 Å². The van der Waals surface area contributed by atoms with E-state index >= 15 is 0 Å². The number of halogens is 3. The predicted octanol–water partition coefficient (Wildman–Crippen LogP) is 5.57. The molecule has 0 saturated heterocycles. The number of amides is 1. The molecule has 0 unspecified atom stereocenters. The van der Waals surface area contributed by atoms with Gasteiger partial charge in [0.05, 0.1) is 15.6 Å². The Morgan fingerprint density at radius 2 is 2.09 bits per heavy atom. The quantitative estimate of drug-likeness (QED) is 0.652. The molecule has 0 spiro atoms. The first kappa shape index (κ1) is 15.4. The van der Waals surface area contributed by atoms with Crippen LogP contribution in [0, 0.1) is 5.82 Å². The molecule has 0 atom stereocenters. The molecule has 3 rings (SSSR count). The van der Waals surface area contributed by atoms with Crippen LogP contribution in [0.5, 0.6) is 0 Å². The maximum absolute atomic E-state index is 13.2. The van der Waals surface area contributed by atoms with Crippen molar-refractivity contribution >= 4 is 56.9 Å². The Bertz CT molecular complexity index is 847. The van der Waals surface area contributed by atoms with Gasteiger partial charge in [-0.05, 0) is 18.2 Å². The second-order valence-electron chi connectivity index (χ2n) is 4.24. The van der Waals surface area contributed by atoms with Crippen LogP contribution in [0.2, 0.25) is 8.67 Å². The van der Waals surface area contributed by atoms with Gasteiger partial charge in [0.25, 0.3) is 5.91 Å². The SMILES string of the molecule is O=C(Nc1nc(-c2cccc(F)c2)cs1)c1cc(Cl)sc1Cl. The van der Waals surface area contributed by atoms with Gasteiger partial charge >= 0.3 is 0 Å². The number of carbonyl (C=O) groups is 1. The monoisotopic (exact) mass is 372 g/mol. The molecule has 22 heavy (non-hydrogen) atoms. The fourth-order valence-corrected chi connectivity index (χ4v) is 3.94. The molecule has 0 fully saturated rings. The van der Waals surface area contributed by atoms with Gasteiger partial charge in [-0.15, -0.1) is 22.7 Å². The van der Waals surface area contributed by atoms with Crippen molar-refractivity contribution in [2.24, 2.45) is 0 Å². The lowest BCUT2D eigenvalue weighted by molar-refractivity contribution is 0.102. The normalized spacial score (nSPS) is 10.7. The number of carbonyl (C=O) groups excluding carboxylic acids is 1. The van der Waals surface area contributed by atoms with E-state index in [4.69, 9.17) is 23.2 Å². The molecule has 1 N–H and O–H groups in total. The van der Waals surface area contributed by atoms with E-state index in [1.807, 2.05) is 0 Å². The smallest absolute Gasteiger partial charge is 0.259 e. The summed E-state index contributed by atoms with van der Waals surface area (Å²) in [6.07, 6.45) is 0. The first-order valence-corrected chi connectivity index (χ1v) is 8.46. The van der Waals surface area contributed by atoms with Gasteiger partial charge in [0.2, 0.25) is 0 Å². The summed E-state index contributed by atoms with van der Waals surface area (Å²) in [6, 6.07) is 7.61. The Hall–Kier alpha value is -1.47. The minimum atomic E-state index is -0.381. The van der Waals surface area contributed by atoms with Crippen LogP contribution >= 0.6 is 45.9 Å². The van der Waals surface area contributed by atoms with E-state index in [0.29, 0.717) is 30.6 Å². The summed E-state index contributed by atoms with van der Waals surface area (Å²) in [6.45, 7) is 0. The number of anilines is 1. The molecular formula is C14H7Cl2FN2OS2. The van der Waals surface area contributed by atoms with Gasteiger partial charge in [0, 0.05) is 10.9 Å². The first-order valence-electron chi connectivity index (χ1n) is 6.00. The van der Waals surface area contributed by atoms with Crippen LogP contribution in [0.15, 0.2) is 35.7 Å². The molecule has 1 amide bonds. The van der Waals surface area contributed by atoms with Crippen LogP contribution in [0.1, 0.15) is 10.4 Å². The van der Waals surface area contributed by atoms with Gasteiger partial charge in [-0.3, -0.25) is 10.1 Å². The molecule has 1 aromatic carbocycles. The van der Waals surface area contributed by atoms with Crippen molar-refractivity contribution in [3.05, 3.63) is 55.8 Å². The number of aromatic nitrogens is 1. The number of benzene rings is 1. The molecule has 0 saturated carbocycles. The standard InChI is InChI=1S/C14H7Cl2FN2OS2/c15-11-5-9(12(16)22-11)13(20)19-14-18-10(6-21-14)7-2-1-3-8(17)4-7/h1-6H,(H,18,19,20). The van der Waals surface area contributed by atoms with E-state index in [9.17, 15) is 9.18 Å². The van der Waals surface area contributed by atoms with Gasteiger partial charge in [0.1, 0.15) is 10.2 Å². The lowest BCUT2D eigenvalue weighted by Gasteiger charge is -2.00. The highest BCUT2D eigenvalue weighted by atomic mass is 35.5. The summed E-state index contributed by atoms with van der Waals surface area (Å²) in [7, 11) is 0. The fraction of sp³-hybridized carbons (Fsp3) is 0. The van der Waals surface area contributed by atoms with Gasteiger partial charge in [0.15, 0.2) is 5.13 Å². The number of nitrogens with one attached hydrogen (secondary N) is 1. The average Bonchev–Trinajstić information content (AvgIpc) is 3.05. The van der Waals surface area contributed by atoms with E-state index in [-0.39, 0.29) is 11.7 Å². The van der Waals surface area contributed by atoms with Crippen molar-refractivity contribution in [3.63, 3.8) is 0 Å². The third-order valence-electron chi connectivity index (χ3n) is 2.75. The fourth-order valence-electron chi connectivity index (χ4n) is 1.77. The van der Waals surface area contributed by atoms with Gasteiger partial charge < -0.3 is 0 Å². The number of hydrogen-bond donors (Lipinski definition) is 1. The molecule has 3 aromatic rings. The largest absolute Gasteiger partial charge is 0.298 e. The summed E-state index contributed by atoms with van der Waals surface area (Å²) in [5.74, 6) is -0.718. The molecule has 0 bridgehead atoms. The number of hydrogen-bond acceptors (Lipinski definition) is 4. The maximum atomic E-state index is 13.2. The Balaban J connectivity index is 1.80. The molecule has 8 heteroatoms. The summed E-state index contributed by atoms with van der Waals surface area (Å²) in [4.78, 5) is 16.4. The third-order valence-corrected chi connectivity index (χ3v) is 4.99. The molecule has 2 heterocycles. The predicted molar refractivity (Wildman–Crippen MR) is 89.8 cm³/mol. The number of thiophene rings is 1. The zero-order valence-electron chi connectivity index (χ0n) is 10.8. The molecule has 3 nitrogen and oxygen atoms in total.